The van der Waals surface area contributed by atoms with E-state index < -0.39 is 15.8 Å². The third-order valence-electron chi connectivity index (χ3n) is 3.49. The molecule has 1 heterocycles. The lowest BCUT2D eigenvalue weighted by atomic mass is 10.2. The van der Waals surface area contributed by atoms with E-state index in [9.17, 15) is 18.0 Å². The predicted octanol–water partition coefficient (Wildman–Crippen LogP) is -0.571. The maximum atomic E-state index is 12.0. The van der Waals surface area contributed by atoms with Crippen molar-refractivity contribution >= 4 is 21.7 Å². The van der Waals surface area contributed by atoms with Crippen LogP contribution in [0.15, 0.2) is 0 Å². The number of carbonyl (C=O) groups excluding carboxylic acids is 1. The Bertz CT molecular complexity index is 462. The summed E-state index contributed by atoms with van der Waals surface area (Å²) in [5.41, 5.74) is 0. The highest BCUT2D eigenvalue weighted by Crippen LogP contribution is 2.16. The van der Waals surface area contributed by atoms with Crippen LogP contribution in [-0.2, 0) is 19.4 Å². The van der Waals surface area contributed by atoms with E-state index in [0.717, 1.165) is 0 Å². The minimum absolute atomic E-state index is 0.0397. The smallest absolute Gasteiger partial charge is 0.303 e. The molecule has 7 nitrogen and oxygen atoms in total. The second-order valence-corrected chi connectivity index (χ2v) is 7.53. The highest BCUT2D eigenvalue weighted by molar-refractivity contribution is 7.91. The van der Waals surface area contributed by atoms with Gasteiger partial charge in [0.2, 0.25) is 5.91 Å². The molecule has 0 aromatic rings. The maximum Gasteiger partial charge on any atom is 0.303 e. The van der Waals surface area contributed by atoms with Gasteiger partial charge in [-0.2, -0.15) is 0 Å². The third-order valence-corrected chi connectivity index (χ3v) is 5.24. The molecule has 20 heavy (non-hydrogen) atoms. The topological polar surface area (TPSA) is 95.0 Å². The van der Waals surface area contributed by atoms with Crippen molar-refractivity contribution in [3.05, 3.63) is 0 Å². The standard InChI is InChI=1S/C12H22N2O5S/c1-13(6-3-4-12(16)17)8-11(15)14(2)10-5-7-20(18,19)9-10/h10H,3-9H2,1-2H3,(H,16,17). The normalized spacial score (nSPS) is 21.1. The Morgan fingerprint density at radius 1 is 1.30 bits per heavy atom. The quantitative estimate of drug-likeness (QED) is 0.677. The molecule has 0 saturated carbocycles. The van der Waals surface area contributed by atoms with E-state index in [1.165, 1.54) is 4.90 Å². The van der Waals surface area contributed by atoms with E-state index in [4.69, 9.17) is 5.11 Å². The number of sulfone groups is 1. The summed E-state index contributed by atoms with van der Waals surface area (Å²) in [6.07, 6.45) is 1.06. The summed E-state index contributed by atoms with van der Waals surface area (Å²) in [4.78, 5) is 25.7. The Labute approximate surface area is 119 Å². The zero-order valence-electron chi connectivity index (χ0n) is 11.9. The van der Waals surface area contributed by atoms with Crippen molar-refractivity contribution < 1.29 is 23.1 Å². The fourth-order valence-corrected chi connectivity index (χ4v) is 3.98. The number of hydrogen-bond acceptors (Lipinski definition) is 5. The van der Waals surface area contributed by atoms with Crippen LogP contribution in [0.5, 0.6) is 0 Å². The second kappa shape index (κ2) is 7.03. The fraction of sp³-hybridized carbons (Fsp3) is 0.833. The molecule has 0 aromatic heterocycles. The van der Waals surface area contributed by atoms with Crippen LogP contribution < -0.4 is 0 Å². The molecular formula is C12H22N2O5S. The van der Waals surface area contributed by atoms with Gasteiger partial charge in [-0.1, -0.05) is 0 Å². The predicted molar refractivity (Wildman–Crippen MR) is 74.2 cm³/mol. The highest BCUT2D eigenvalue weighted by Gasteiger charge is 2.32. The molecule has 1 N–H and O–H groups in total. The molecule has 1 aliphatic rings. The molecule has 0 bridgehead atoms. The van der Waals surface area contributed by atoms with Crippen LogP contribution in [0, 0.1) is 0 Å². The van der Waals surface area contributed by atoms with E-state index in [0.29, 0.717) is 19.4 Å². The summed E-state index contributed by atoms with van der Waals surface area (Å²) in [5.74, 6) is -0.801. The molecule has 1 amide bonds. The minimum atomic E-state index is -3.00. The van der Waals surface area contributed by atoms with Gasteiger partial charge in [0.15, 0.2) is 9.84 Å². The molecule has 0 aliphatic carbocycles. The maximum absolute atomic E-state index is 12.0. The molecule has 8 heteroatoms. The van der Waals surface area contributed by atoms with Crippen molar-refractivity contribution in [2.24, 2.45) is 0 Å². The molecule has 1 unspecified atom stereocenters. The lowest BCUT2D eigenvalue weighted by Gasteiger charge is -2.26. The monoisotopic (exact) mass is 306 g/mol. The Morgan fingerprint density at radius 3 is 2.45 bits per heavy atom. The van der Waals surface area contributed by atoms with Crippen LogP contribution in [0.25, 0.3) is 0 Å². The van der Waals surface area contributed by atoms with E-state index in [1.54, 1.807) is 19.0 Å². The number of rotatable bonds is 7. The number of carbonyl (C=O) groups is 2. The summed E-state index contributed by atoms with van der Waals surface area (Å²) >= 11 is 0. The minimum Gasteiger partial charge on any atom is -0.481 e. The highest BCUT2D eigenvalue weighted by atomic mass is 32.2. The van der Waals surface area contributed by atoms with Gasteiger partial charge in [0.25, 0.3) is 0 Å². The Morgan fingerprint density at radius 2 is 1.95 bits per heavy atom. The van der Waals surface area contributed by atoms with E-state index in [-0.39, 0.29) is 36.4 Å². The first kappa shape index (κ1) is 16.9. The van der Waals surface area contributed by atoms with Crippen molar-refractivity contribution in [2.75, 3.05) is 38.7 Å². The lowest BCUT2D eigenvalue weighted by molar-refractivity contribution is -0.137. The van der Waals surface area contributed by atoms with E-state index >= 15 is 0 Å². The van der Waals surface area contributed by atoms with Gasteiger partial charge >= 0.3 is 5.97 Å². The van der Waals surface area contributed by atoms with Crippen LogP contribution in [0.2, 0.25) is 0 Å². The van der Waals surface area contributed by atoms with Crippen molar-refractivity contribution in [1.82, 2.24) is 9.80 Å². The molecule has 0 aromatic carbocycles. The summed E-state index contributed by atoms with van der Waals surface area (Å²) < 4.78 is 22.8. The number of nitrogens with zero attached hydrogens (tertiary/aromatic N) is 2. The summed E-state index contributed by atoms with van der Waals surface area (Å²) in [7, 11) is 0.374. The number of hydrogen-bond donors (Lipinski definition) is 1. The Kier molecular flexibility index (Phi) is 5.94. The van der Waals surface area contributed by atoms with E-state index in [2.05, 4.69) is 0 Å². The summed E-state index contributed by atoms with van der Waals surface area (Å²) in [6, 6.07) is -0.236. The van der Waals surface area contributed by atoms with Crippen LogP contribution >= 0.6 is 0 Å². The molecular weight excluding hydrogens is 284 g/mol. The van der Waals surface area contributed by atoms with Gasteiger partial charge in [-0.15, -0.1) is 0 Å². The molecule has 116 valence electrons. The summed E-state index contributed by atoms with van der Waals surface area (Å²) in [5, 5.41) is 8.54. The van der Waals surface area contributed by atoms with Gasteiger partial charge in [0.1, 0.15) is 0 Å². The molecule has 1 atom stereocenters. The van der Waals surface area contributed by atoms with Crippen LogP contribution in [-0.4, -0.2) is 79.9 Å². The van der Waals surface area contributed by atoms with Gasteiger partial charge in [-0.25, -0.2) is 8.42 Å². The van der Waals surface area contributed by atoms with Crippen molar-refractivity contribution in [3.63, 3.8) is 0 Å². The number of carboxylic acid groups (broad SMARTS) is 1. The van der Waals surface area contributed by atoms with Crippen LogP contribution in [0.3, 0.4) is 0 Å². The average molecular weight is 306 g/mol. The average Bonchev–Trinajstić information content (AvgIpc) is 2.68. The molecule has 1 saturated heterocycles. The second-order valence-electron chi connectivity index (χ2n) is 5.30. The Balaban J connectivity index is 2.36. The molecule has 0 spiro atoms. The summed E-state index contributed by atoms with van der Waals surface area (Å²) in [6.45, 7) is 0.696. The van der Waals surface area contributed by atoms with Crippen LogP contribution in [0.4, 0.5) is 0 Å². The molecule has 0 radical (unpaired) electrons. The SMILES string of the molecule is CN(CCCC(=O)O)CC(=O)N(C)C1CCS(=O)(=O)C1. The van der Waals surface area contributed by atoms with Crippen molar-refractivity contribution in [1.29, 1.82) is 0 Å². The third kappa shape index (κ3) is 5.46. The van der Waals surface area contributed by atoms with Gasteiger partial charge in [-0.3, -0.25) is 14.5 Å². The van der Waals surface area contributed by atoms with E-state index in [1.807, 2.05) is 0 Å². The first-order chi connectivity index (χ1) is 9.21. The largest absolute Gasteiger partial charge is 0.481 e. The molecule has 1 rings (SSSR count). The number of likely N-dealkylation sites (N-methyl/N-ethyl adjacent to an activating group) is 2. The number of aliphatic carboxylic acids is 1. The molecule has 1 aliphatic heterocycles. The molecule has 1 fully saturated rings. The zero-order chi connectivity index (χ0) is 15.3. The van der Waals surface area contributed by atoms with Crippen molar-refractivity contribution in [2.45, 2.75) is 25.3 Å². The van der Waals surface area contributed by atoms with Crippen molar-refractivity contribution in [3.8, 4) is 0 Å². The first-order valence-electron chi connectivity index (χ1n) is 6.57. The number of amides is 1. The van der Waals surface area contributed by atoms with Crippen LogP contribution in [0.1, 0.15) is 19.3 Å². The van der Waals surface area contributed by atoms with Gasteiger partial charge in [-0.05, 0) is 26.4 Å². The zero-order valence-corrected chi connectivity index (χ0v) is 12.7. The van der Waals surface area contributed by atoms with Gasteiger partial charge in [0, 0.05) is 19.5 Å². The number of carboxylic acids is 1. The van der Waals surface area contributed by atoms with Gasteiger partial charge in [0.05, 0.1) is 18.1 Å². The first-order valence-corrected chi connectivity index (χ1v) is 8.40. The Hall–Kier alpha value is -1.15. The lowest BCUT2D eigenvalue weighted by Crippen LogP contribution is -2.43. The fourth-order valence-electron chi connectivity index (χ4n) is 2.21. The van der Waals surface area contributed by atoms with Gasteiger partial charge < -0.3 is 10.0 Å².